The fourth-order valence-electron chi connectivity index (χ4n) is 3.40. The number of unbranched alkanes of at least 4 members (excludes halogenated alkanes) is 2. The zero-order valence-electron chi connectivity index (χ0n) is 16.3. The molecule has 9 nitrogen and oxygen atoms in total. The number of nitrogens with one attached hydrogen (secondary N) is 1. The molecular weight excluding hydrogens is 407 g/mol. The van der Waals surface area contributed by atoms with E-state index in [2.05, 4.69) is 20.3 Å². The van der Waals surface area contributed by atoms with E-state index in [4.69, 9.17) is 4.74 Å². The third kappa shape index (κ3) is 4.71. The lowest BCUT2D eigenvalue weighted by atomic mass is 10.1. The Morgan fingerprint density at radius 2 is 1.97 bits per heavy atom. The molecule has 4 atom stereocenters. The maximum atomic E-state index is 12.2. The van der Waals surface area contributed by atoms with Gasteiger partial charge in [-0.1, -0.05) is 13.3 Å². The van der Waals surface area contributed by atoms with Crippen LogP contribution in [0.1, 0.15) is 45.3 Å². The molecule has 0 aromatic carbocycles. The Balaban J connectivity index is 1.58. The van der Waals surface area contributed by atoms with Gasteiger partial charge in [-0.25, -0.2) is 15.0 Å². The number of ether oxygens (including phenoxy) is 1. The third-order valence-electron chi connectivity index (χ3n) is 5.06. The van der Waals surface area contributed by atoms with Gasteiger partial charge in [0.1, 0.15) is 18.5 Å². The highest BCUT2D eigenvalue weighted by Crippen LogP contribution is 2.33. The molecule has 2 aromatic heterocycles. The number of halogens is 3. The maximum Gasteiger partial charge on any atom is 0.449 e. The van der Waals surface area contributed by atoms with Crippen LogP contribution >= 0.6 is 0 Å². The summed E-state index contributed by atoms with van der Waals surface area (Å²) in [5, 5.41) is 23.4. The molecule has 2 aromatic rings. The quantitative estimate of drug-likeness (QED) is 0.515. The van der Waals surface area contributed by atoms with Crippen LogP contribution in [-0.2, 0) is 9.53 Å². The number of hydrogen-bond acceptors (Lipinski definition) is 8. The molecule has 0 bridgehead atoms. The zero-order chi connectivity index (χ0) is 21.9. The molecule has 166 valence electrons. The average molecular weight is 431 g/mol. The summed E-state index contributed by atoms with van der Waals surface area (Å²) in [7, 11) is 0. The number of ketones is 1. The van der Waals surface area contributed by atoms with E-state index in [0.29, 0.717) is 42.8 Å². The van der Waals surface area contributed by atoms with E-state index >= 15 is 0 Å². The van der Waals surface area contributed by atoms with E-state index in [-0.39, 0.29) is 6.42 Å². The lowest BCUT2D eigenvalue weighted by Crippen LogP contribution is -2.31. The molecule has 30 heavy (non-hydrogen) atoms. The molecule has 0 aliphatic carbocycles. The molecule has 1 aliphatic heterocycles. The molecular formula is C18H24F3N5O4. The second-order valence-electron chi connectivity index (χ2n) is 7.16. The van der Waals surface area contributed by atoms with Crippen LogP contribution in [0.3, 0.4) is 0 Å². The van der Waals surface area contributed by atoms with Crippen LogP contribution in [0.2, 0.25) is 0 Å². The normalized spacial score (nSPS) is 24.5. The van der Waals surface area contributed by atoms with Crippen LogP contribution in [0.4, 0.5) is 19.0 Å². The highest BCUT2D eigenvalue weighted by Gasteiger charge is 2.43. The van der Waals surface area contributed by atoms with Crippen molar-refractivity contribution in [3.8, 4) is 0 Å². The van der Waals surface area contributed by atoms with Gasteiger partial charge in [0, 0.05) is 13.0 Å². The number of aromatic nitrogens is 4. The number of alkyl halides is 3. The number of rotatable bonds is 9. The summed E-state index contributed by atoms with van der Waals surface area (Å²) >= 11 is 0. The van der Waals surface area contributed by atoms with Gasteiger partial charge >= 0.3 is 6.18 Å². The Morgan fingerprint density at radius 3 is 2.63 bits per heavy atom. The Hall–Kier alpha value is -2.31. The van der Waals surface area contributed by atoms with Crippen molar-refractivity contribution in [3.63, 3.8) is 0 Å². The van der Waals surface area contributed by atoms with E-state index in [9.17, 15) is 28.2 Å². The Bertz CT molecular complexity index is 875. The first-order valence-corrected chi connectivity index (χ1v) is 9.77. The van der Waals surface area contributed by atoms with E-state index < -0.39 is 42.9 Å². The van der Waals surface area contributed by atoms with E-state index in [1.807, 2.05) is 6.92 Å². The molecule has 0 spiro atoms. The fourth-order valence-corrected chi connectivity index (χ4v) is 3.40. The predicted octanol–water partition coefficient (Wildman–Crippen LogP) is 1.96. The summed E-state index contributed by atoms with van der Waals surface area (Å²) in [6, 6.07) is 0. The number of aliphatic hydroxyl groups is 2. The predicted molar refractivity (Wildman–Crippen MR) is 99.6 cm³/mol. The highest BCUT2D eigenvalue weighted by atomic mass is 19.4. The Labute approximate surface area is 170 Å². The standard InChI is InChI=1S/C18H24F3N5O4/c1-2-10-13(28)14(29)17(30-10)26-9-25-12-15(23-8-24-16(12)26)22-7-5-3-4-6-11(27)18(19,20)21/h8-10,13-14,17,28-29H,2-7H2,1H3,(H,22,23,24)/t10-,13?,14+,17-/m1/s1. The monoisotopic (exact) mass is 431 g/mol. The van der Waals surface area contributed by atoms with Crippen molar-refractivity contribution in [2.45, 2.75) is 69.7 Å². The van der Waals surface area contributed by atoms with E-state index in [1.165, 1.54) is 17.2 Å². The number of hydrogen-bond donors (Lipinski definition) is 3. The van der Waals surface area contributed by atoms with Crippen molar-refractivity contribution in [2.75, 3.05) is 11.9 Å². The first-order valence-electron chi connectivity index (χ1n) is 9.77. The average Bonchev–Trinajstić information content (AvgIpc) is 3.25. The summed E-state index contributed by atoms with van der Waals surface area (Å²) in [6.07, 6.45) is -4.28. The van der Waals surface area contributed by atoms with E-state index in [0.717, 1.165) is 0 Å². The first-order chi connectivity index (χ1) is 14.2. The summed E-state index contributed by atoms with van der Waals surface area (Å²) < 4.78 is 43.8. The first kappa shape index (κ1) is 22.4. The van der Waals surface area contributed by atoms with Crippen LogP contribution in [0.15, 0.2) is 12.7 Å². The van der Waals surface area contributed by atoms with Gasteiger partial charge in [0.15, 0.2) is 23.2 Å². The number of fused-ring (bicyclic) bond motifs is 1. The molecule has 3 rings (SSSR count). The minimum absolute atomic E-state index is 0.158. The van der Waals surface area contributed by atoms with Gasteiger partial charge < -0.3 is 20.3 Å². The summed E-state index contributed by atoms with van der Waals surface area (Å²) in [6.45, 7) is 2.27. The molecule has 1 fully saturated rings. The minimum atomic E-state index is -4.77. The van der Waals surface area contributed by atoms with Crippen LogP contribution in [0.5, 0.6) is 0 Å². The second-order valence-corrected chi connectivity index (χ2v) is 7.16. The summed E-state index contributed by atoms with van der Waals surface area (Å²) in [5.41, 5.74) is 0.853. The molecule has 3 N–H and O–H groups in total. The van der Waals surface area contributed by atoms with Gasteiger partial charge in [0.25, 0.3) is 0 Å². The molecule has 1 aliphatic rings. The number of Topliss-reactive ketones (excluding diaryl/α,β-unsaturated/α-hetero) is 1. The van der Waals surface area contributed by atoms with Crippen molar-refractivity contribution < 1.29 is 32.9 Å². The topological polar surface area (TPSA) is 122 Å². The van der Waals surface area contributed by atoms with Crippen molar-refractivity contribution in [2.24, 2.45) is 0 Å². The molecule has 12 heteroatoms. The smallest absolute Gasteiger partial charge is 0.388 e. The van der Waals surface area contributed by atoms with Crippen molar-refractivity contribution >= 4 is 22.8 Å². The van der Waals surface area contributed by atoms with Gasteiger partial charge in [-0.2, -0.15) is 13.2 Å². The Morgan fingerprint density at radius 1 is 1.20 bits per heavy atom. The summed E-state index contributed by atoms with van der Waals surface area (Å²) in [5.74, 6) is -1.27. The molecule has 0 radical (unpaired) electrons. The van der Waals surface area contributed by atoms with Crippen LogP contribution in [0, 0.1) is 0 Å². The number of carbonyl (C=O) groups is 1. The number of aliphatic hydroxyl groups excluding tert-OH is 2. The van der Waals surface area contributed by atoms with Crippen LogP contribution < -0.4 is 5.32 Å². The van der Waals surface area contributed by atoms with Gasteiger partial charge in [-0.15, -0.1) is 0 Å². The molecule has 1 unspecified atom stereocenters. The summed E-state index contributed by atoms with van der Waals surface area (Å²) in [4.78, 5) is 23.4. The lowest BCUT2D eigenvalue weighted by molar-refractivity contribution is -0.171. The SMILES string of the molecule is CC[C@H]1O[C@@H](n2cnc3c(NCCCCCC(=O)C(F)(F)F)ncnc32)[C@@H](O)C1O. The van der Waals surface area contributed by atoms with Crippen molar-refractivity contribution in [1.82, 2.24) is 19.5 Å². The van der Waals surface area contributed by atoms with Gasteiger partial charge in [0.2, 0.25) is 5.78 Å². The van der Waals surface area contributed by atoms with Gasteiger partial charge in [0.05, 0.1) is 12.4 Å². The van der Waals surface area contributed by atoms with Crippen LogP contribution in [-0.4, -0.2) is 66.5 Å². The molecule has 1 saturated heterocycles. The number of carbonyl (C=O) groups excluding carboxylic acids is 1. The van der Waals surface area contributed by atoms with Crippen molar-refractivity contribution in [1.29, 1.82) is 0 Å². The maximum absolute atomic E-state index is 12.2. The second kappa shape index (κ2) is 9.23. The number of imidazole rings is 1. The van der Waals surface area contributed by atoms with Gasteiger partial charge in [-0.3, -0.25) is 9.36 Å². The van der Waals surface area contributed by atoms with Gasteiger partial charge in [-0.05, 0) is 19.3 Å². The van der Waals surface area contributed by atoms with E-state index in [1.54, 1.807) is 0 Å². The molecule has 0 amide bonds. The molecule has 3 heterocycles. The third-order valence-corrected chi connectivity index (χ3v) is 5.06. The Kier molecular flexibility index (Phi) is 6.88. The van der Waals surface area contributed by atoms with Crippen molar-refractivity contribution in [3.05, 3.63) is 12.7 Å². The number of anilines is 1. The highest BCUT2D eigenvalue weighted by molar-refractivity contribution is 5.84. The van der Waals surface area contributed by atoms with Crippen LogP contribution in [0.25, 0.3) is 11.2 Å². The minimum Gasteiger partial charge on any atom is -0.388 e. The number of nitrogens with zero attached hydrogens (tertiary/aromatic N) is 4. The lowest BCUT2D eigenvalue weighted by Gasteiger charge is -2.16. The largest absolute Gasteiger partial charge is 0.449 e. The molecule has 0 saturated carbocycles. The zero-order valence-corrected chi connectivity index (χ0v) is 16.3. The fraction of sp³-hybridized carbons (Fsp3) is 0.667.